The minimum atomic E-state index is 0.000154. The van der Waals surface area contributed by atoms with Crippen molar-refractivity contribution in [3.05, 3.63) is 11.3 Å². The third kappa shape index (κ3) is 2.29. The van der Waals surface area contributed by atoms with E-state index in [-0.39, 0.29) is 18.5 Å². The summed E-state index contributed by atoms with van der Waals surface area (Å²) in [6.07, 6.45) is 0. The fourth-order valence-electron chi connectivity index (χ4n) is 1.24. The van der Waals surface area contributed by atoms with E-state index >= 15 is 0 Å². The molecule has 0 saturated carbocycles. The second kappa shape index (κ2) is 4.82. The molecule has 0 spiro atoms. The van der Waals surface area contributed by atoms with Gasteiger partial charge in [-0.3, -0.25) is 4.68 Å². The zero-order valence-electron chi connectivity index (χ0n) is 8.69. The summed E-state index contributed by atoms with van der Waals surface area (Å²) in [6, 6.07) is 0. The van der Waals surface area contributed by atoms with Crippen LogP contribution in [-0.2, 0) is 13.7 Å². The van der Waals surface area contributed by atoms with E-state index in [1.807, 2.05) is 20.9 Å². The van der Waals surface area contributed by atoms with Crippen LogP contribution in [0.3, 0.4) is 0 Å². The first kappa shape index (κ1) is 11.6. The van der Waals surface area contributed by atoms with Gasteiger partial charge in [-0.15, -0.1) is 11.8 Å². The van der Waals surface area contributed by atoms with Gasteiger partial charge in [-0.1, -0.05) is 6.92 Å². The Kier molecular flexibility index (Phi) is 3.97. The van der Waals surface area contributed by atoms with E-state index in [0.717, 1.165) is 16.3 Å². The highest BCUT2D eigenvalue weighted by molar-refractivity contribution is 7.99. The van der Waals surface area contributed by atoms with Crippen molar-refractivity contribution in [2.24, 2.45) is 7.05 Å². The highest BCUT2D eigenvalue weighted by Gasteiger charge is 2.15. The van der Waals surface area contributed by atoms with Crippen molar-refractivity contribution in [2.75, 3.05) is 6.61 Å². The number of nitrogens with zero attached hydrogens (tertiary/aromatic N) is 2. The molecule has 0 fully saturated rings. The van der Waals surface area contributed by atoms with Gasteiger partial charge in [0.1, 0.15) is 0 Å². The van der Waals surface area contributed by atoms with Crippen molar-refractivity contribution in [2.45, 2.75) is 30.7 Å². The molecule has 0 saturated heterocycles. The van der Waals surface area contributed by atoms with Gasteiger partial charge in [0.25, 0.3) is 0 Å². The minimum absolute atomic E-state index is 0.000154. The van der Waals surface area contributed by atoms with Crippen molar-refractivity contribution in [1.82, 2.24) is 9.78 Å². The maximum Gasteiger partial charge on any atom is 0.0998 e. The Labute approximate surface area is 87.9 Å². The molecule has 0 amide bonds. The van der Waals surface area contributed by atoms with Crippen LogP contribution < -0.4 is 0 Å². The summed E-state index contributed by atoms with van der Waals surface area (Å²) in [5, 5.41) is 23.4. The number of rotatable bonds is 4. The SMILES string of the molecule is Cc1nn(C)c(SC(C)CO)c1CO. The van der Waals surface area contributed by atoms with Gasteiger partial charge in [0.15, 0.2) is 0 Å². The molecule has 1 rings (SSSR count). The third-order valence-electron chi connectivity index (χ3n) is 2.02. The molecule has 5 heteroatoms. The zero-order chi connectivity index (χ0) is 10.7. The topological polar surface area (TPSA) is 58.3 Å². The number of hydrogen-bond donors (Lipinski definition) is 2. The lowest BCUT2D eigenvalue weighted by Crippen LogP contribution is -2.05. The Morgan fingerprint density at radius 3 is 2.64 bits per heavy atom. The maximum atomic E-state index is 9.17. The van der Waals surface area contributed by atoms with Crippen molar-refractivity contribution < 1.29 is 10.2 Å². The summed E-state index contributed by atoms with van der Waals surface area (Å²) in [4.78, 5) is 0. The van der Waals surface area contributed by atoms with E-state index in [4.69, 9.17) is 10.2 Å². The molecule has 1 atom stereocenters. The first-order valence-electron chi connectivity index (χ1n) is 4.51. The number of aliphatic hydroxyl groups is 2. The van der Waals surface area contributed by atoms with Gasteiger partial charge in [0.05, 0.1) is 23.9 Å². The lowest BCUT2D eigenvalue weighted by Gasteiger charge is -2.09. The molecular formula is C9H16N2O2S. The van der Waals surface area contributed by atoms with Crippen LogP contribution in [0, 0.1) is 6.92 Å². The summed E-state index contributed by atoms with van der Waals surface area (Å²) >= 11 is 1.53. The smallest absolute Gasteiger partial charge is 0.0998 e. The van der Waals surface area contributed by atoms with Crippen LogP contribution in [-0.4, -0.2) is 31.9 Å². The Morgan fingerprint density at radius 2 is 2.14 bits per heavy atom. The highest BCUT2D eigenvalue weighted by Crippen LogP contribution is 2.28. The van der Waals surface area contributed by atoms with Gasteiger partial charge in [-0.25, -0.2) is 0 Å². The normalized spacial score (nSPS) is 13.2. The Morgan fingerprint density at radius 1 is 1.50 bits per heavy atom. The third-order valence-corrected chi connectivity index (χ3v) is 3.30. The second-order valence-electron chi connectivity index (χ2n) is 3.26. The summed E-state index contributed by atoms with van der Waals surface area (Å²) < 4.78 is 1.75. The standard InChI is InChI=1S/C9H16N2O2S/c1-6(4-12)14-9-8(5-13)7(2)10-11(9)3/h6,12-13H,4-5H2,1-3H3. The second-order valence-corrected chi connectivity index (χ2v) is 4.69. The molecule has 4 nitrogen and oxygen atoms in total. The molecule has 0 aliphatic rings. The lowest BCUT2D eigenvalue weighted by molar-refractivity contribution is 0.277. The molecule has 0 radical (unpaired) electrons. The van der Waals surface area contributed by atoms with Crippen LogP contribution in [0.25, 0.3) is 0 Å². The fourth-order valence-corrected chi connectivity index (χ4v) is 2.24. The summed E-state index contributed by atoms with van der Waals surface area (Å²) in [7, 11) is 1.85. The maximum absolute atomic E-state index is 9.17. The summed E-state index contributed by atoms with van der Waals surface area (Å²) in [5.74, 6) is 0. The lowest BCUT2D eigenvalue weighted by atomic mass is 10.3. The molecule has 14 heavy (non-hydrogen) atoms. The molecule has 0 aliphatic heterocycles. The van der Waals surface area contributed by atoms with E-state index in [9.17, 15) is 0 Å². The minimum Gasteiger partial charge on any atom is -0.395 e. The molecule has 0 aliphatic carbocycles. The molecule has 1 heterocycles. The van der Waals surface area contributed by atoms with Crippen molar-refractivity contribution in [1.29, 1.82) is 0 Å². The number of aromatic nitrogens is 2. The van der Waals surface area contributed by atoms with Gasteiger partial charge < -0.3 is 10.2 Å². The van der Waals surface area contributed by atoms with E-state index < -0.39 is 0 Å². The highest BCUT2D eigenvalue weighted by atomic mass is 32.2. The van der Waals surface area contributed by atoms with Crippen LogP contribution in [0.1, 0.15) is 18.2 Å². The van der Waals surface area contributed by atoms with Crippen molar-refractivity contribution in [3.8, 4) is 0 Å². The van der Waals surface area contributed by atoms with Crippen molar-refractivity contribution >= 4 is 11.8 Å². The van der Waals surface area contributed by atoms with Crippen LogP contribution in [0.4, 0.5) is 0 Å². The number of aliphatic hydroxyl groups excluding tert-OH is 2. The van der Waals surface area contributed by atoms with Gasteiger partial charge in [-0.05, 0) is 6.92 Å². The van der Waals surface area contributed by atoms with E-state index in [0.29, 0.717) is 0 Å². The number of thioether (sulfide) groups is 1. The van der Waals surface area contributed by atoms with E-state index in [1.165, 1.54) is 11.8 Å². The predicted octanol–water partition coefficient (Wildman–Crippen LogP) is 0.694. The van der Waals surface area contributed by atoms with Gasteiger partial charge in [0, 0.05) is 17.9 Å². The van der Waals surface area contributed by atoms with Crippen LogP contribution in [0.2, 0.25) is 0 Å². The summed E-state index contributed by atoms with van der Waals surface area (Å²) in [6.45, 7) is 3.94. The molecule has 2 N–H and O–H groups in total. The number of hydrogen-bond acceptors (Lipinski definition) is 4. The van der Waals surface area contributed by atoms with Crippen LogP contribution >= 0.6 is 11.8 Å². The largest absolute Gasteiger partial charge is 0.395 e. The fraction of sp³-hybridized carbons (Fsp3) is 0.667. The first-order chi connectivity index (χ1) is 6.60. The van der Waals surface area contributed by atoms with Crippen molar-refractivity contribution in [3.63, 3.8) is 0 Å². The average Bonchev–Trinajstić information content (AvgIpc) is 2.41. The van der Waals surface area contributed by atoms with Gasteiger partial charge >= 0.3 is 0 Å². The quantitative estimate of drug-likeness (QED) is 0.727. The molecule has 1 aromatic heterocycles. The molecular weight excluding hydrogens is 200 g/mol. The molecule has 80 valence electrons. The average molecular weight is 216 g/mol. The van der Waals surface area contributed by atoms with E-state index in [2.05, 4.69) is 5.10 Å². The monoisotopic (exact) mass is 216 g/mol. The summed E-state index contributed by atoms with van der Waals surface area (Å²) in [5.41, 5.74) is 1.71. The van der Waals surface area contributed by atoms with E-state index in [1.54, 1.807) is 4.68 Å². The molecule has 1 aromatic rings. The molecule has 0 bridgehead atoms. The van der Waals surface area contributed by atoms with Gasteiger partial charge in [-0.2, -0.15) is 5.10 Å². The molecule has 0 aromatic carbocycles. The Hall–Kier alpha value is -0.520. The Bertz CT molecular complexity index is 312. The number of aryl methyl sites for hydroxylation is 2. The Balaban J connectivity index is 2.94. The zero-order valence-corrected chi connectivity index (χ0v) is 9.51. The van der Waals surface area contributed by atoms with Crippen LogP contribution in [0.15, 0.2) is 5.03 Å². The molecule has 1 unspecified atom stereocenters. The first-order valence-corrected chi connectivity index (χ1v) is 5.39. The van der Waals surface area contributed by atoms with Gasteiger partial charge in [0.2, 0.25) is 0 Å². The predicted molar refractivity (Wildman–Crippen MR) is 56.3 cm³/mol. The van der Waals surface area contributed by atoms with Crippen LogP contribution in [0.5, 0.6) is 0 Å².